The summed E-state index contributed by atoms with van der Waals surface area (Å²) in [5.74, 6) is 0.920. The molecule has 2 aromatic carbocycles. The summed E-state index contributed by atoms with van der Waals surface area (Å²) >= 11 is 0. The van der Waals surface area contributed by atoms with Crippen LogP contribution in [0.4, 0.5) is 11.6 Å². The second kappa shape index (κ2) is 14.8. The SMILES string of the molecule is O=C(CCCCCCOc1ccc2cc1COCC=CCOCc1cccc(c1)-c1ccnc(n1)N2)NO. The Morgan fingerprint density at radius 1 is 1.00 bits per heavy atom. The van der Waals surface area contributed by atoms with E-state index in [0.29, 0.717) is 45.4 Å². The van der Waals surface area contributed by atoms with E-state index in [1.807, 2.05) is 54.6 Å². The zero-order valence-corrected chi connectivity index (χ0v) is 21.4. The van der Waals surface area contributed by atoms with Gasteiger partial charge in [0.25, 0.3) is 0 Å². The molecule has 3 aromatic rings. The van der Waals surface area contributed by atoms with Crippen molar-refractivity contribution in [3.05, 3.63) is 78.0 Å². The fourth-order valence-corrected chi connectivity index (χ4v) is 4.04. The van der Waals surface area contributed by atoms with E-state index in [1.54, 1.807) is 11.7 Å². The minimum absolute atomic E-state index is 0.326. The number of hydrogen-bond acceptors (Lipinski definition) is 8. The molecule has 0 unspecified atom stereocenters. The number of nitrogens with zero attached hydrogens (tertiary/aromatic N) is 2. The molecule has 4 rings (SSSR count). The summed E-state index contributed by atoms with van der Waals surface area (Å²) in [5.41, 5.74) is 6.33. The largest absolute Gasteiger partial charge is 0.493 e. The lowest BCUT2D eigenvalue weighted by atomic mass is 10.1. The van der Waals surface area contributed by atoms with Crippen molar-refractivity contribution in [1.29, 1.82) is 0 Å². The molecule has 9 nitrogen and oxygen atoms in total. The van der Waals surface area contributed by atoms with Crippen molar-refractivity contribution in [2.75, 3.05) is 25.1 Å². The monoisotopic (exact) mass is 518 g/mol. The second-order valence-corrected chi connectivity index (χ2v) is 8.96. The van der Waals surface area contributed by atoms with Gasteiger partial charge in [0, 0.05) is 29.4 Å². The van der Waals surface area contributed by atoms with Crippen LogP contribution in [0.5, 0.6) is 5.75 Å². The van der Waals surface area contributed by atoms with Gasteiger partial charge in [-0.05, 0) is 48.7 Å². The average molecular weight is 519 g/mol. The summed E-state index contributed by atoms with van der Waals surface area (Å²) < 4.78 is 17.8. The number of nitrogens with one attached hydrogen (secondary N) is 2. The second-order valence-electron chi connectivity index (χ2n) is 8.96. The number of aromatic nitrogens is 2. The summed E-state index contributed by atoms with van der Waals surface area (Å²) in [7, 11) is 0. The van der Waals surface area contributed by atoms with Crippen molar-refractivity contribution in [3.8, 4) is 17.0 Å². The van der Waals surface area contributed by atoms with E-state index in [2.05, 4.69) is 16.4 Å². The summed E-state index contributed by atoms with van der Waals surface area (Å²) in [6, 6.07) is 15.9. The Hall–Kier alpha value is -3.79. The number of fused-ring (bicyclic) bond motifs is 7. The van der Waals surface area contributed by atoms with Crippen LogP contribution in [-0.4, -0.2) is 40.9 Å². The van der Waals surface area contributed by atoms with Crippen LogP contribution in [0.2, 0.25) is 0 Å². The van der Waals surface area contributed by atoms with Gasteiger partial charge in [0.1, 0.15) is 5.75 Å². The average Bonchev–Trinajstić information content (AvgIpc) is 2.94. The molecule has 0 aliphatic carbocycles. The lowest BCUT2D eigenvalue weighted by molar-refractivity contribution is -0.129. The van der Waals surface area contributed by atoms with Crippen LogP contribution in [0, 0.1) is 0 Å². The maximum Gasteiger partial charge on any atom is 0.243 e. The first-order valence-electron chi connectivity index (χ1n) is 12.9. The highest BCUT2D eigenvalue weighted by Gasteiger charge is 2.09. The third kappa shape index (κ3) is 8.65. The number of carbonyl (C=O) groups is 1. The van der Waals surface area contributed by atoms with Gasteiger partial charge in [-0.2, -0.15) is 0 Å². The molecule has 0 saturated carbocycles. The minimum atomic E-state index is -0.350. The van der Waals surface area contributed by atoms with E-state index >= 15 is 0 Å². The molecule has 0 fully saturated rings. The van der Waals surface area contributed by atoms with E-state index in [9.17, 15) is 4.79 Å². The summed E-state index contributed by atoms with van der Waals surface area (Å²) in [4.78, 5) is 20.2. The fourth-order valence-electron chi connectivity index (χ4n) is 4.04. The van der Waals surface area contributed by atoms with Crippen molar-refractivity contribution >= 4 is 17.5 Å². The first-order chi connectivity index (χ1) is 18.7. The third-order valence-corrected chi connectivity index (χ3v) is 6.00. The van der Waals surface area contributed by atoms with Crippen LogP contribution in [0.15, 0.2) is 66.9 Å². The lowest BCUT2D eigenvalue weighted by Crippen LogP contribution is -2.17. The number of rotatable bonds is 8. The fraction of sp³-hybridized carbons (Fsp3) is 0.345. The van der Waals surface area contributed by atoms with E-state index in [-0.39, 0.29) is 5.91 Å². The first kappa shape index (κ1) is 27.3. The molecule has 1 amide bonds. The molecule has 0 saturated heterocycles. The van der Waals surface area contributed by atoms with E-state index in [4.69, 9.17) is 24.4 Å². The molecule has 1 aliphatic heterocycles. The Balaban J connectivity index is 1.44. The van der Waals surface area contributed by atoms with E-state index in [1.165, 1.54) is 0 Å². The van der Waals surface area contributed by atoms with Crippen LogP contribution < -0.4 is 15.5 Å². The van der Waals surface area contributed by atoms with Gasteiger partial charge in [-0.3, -0.25) is 10.0 Å². The number of anilines is 2. The number of amides is 1. The van der Waals surface area contributed by atoms with Crippen LogP contribution in [0.25, 0.3) is 11.3 Å². The number of benzene rings is 2. The molecule has 0 atom stereocenters. The standard InChI is InChI=1S/C29H34N4O5/c34-28(33-35)10-3-1-2-4-17-38-27-12-11-25-19-24(27)21-37-16-6-5-15-36-20-22-8-7-9-23(18-22)26-13-14-30-29(31-25)32-26/h5-9,11-14,18-19,35H,1-4,10,15-17,20-21H2,(H,33,34)(H,30,31,32). The summed E-state index contributed by atoms with van der Waals surface area (Å²) in [6.45, 7) is 2.43. The molecule has 38 heavy (non-hydrogen) atoms. The van der Waals surface area contributed by atoms with Crippen LogP contribution in [-0.2, 0) is 27.5 Å². The normalized spacial score (nSPS) is 13.6. The van der Waals surface area contributed by atoms with Gasteiger partial charge >= 0.3 is 0 Å². The first-order valence-corrected chi connectivity index (χ1v) is 12.9. The number of hydrogen-bond donors (Lipinski definition) is 3. The zero-order valence-electron chi connectivity index (χ0n) is 21.4. The Morgan fingerprint density at radius 2 is 1.84 bits per heavy atom. The van der Waals surface area contributed by atoms with Crippen molar-refractivity contribution < 1.29 is 24.2 Å². The Kier molecular flexibility index (Phi) is 10.6. The highest BCUT2D eigenvalue weighted by molar-refractivity contribution is 5.74. The number of hydroxylamine groups is 1. The predicted molar refractivity (Wildman–Crippen MR) is 144 cm³/mol. The topological polar surface area (TPSA) is 115 Å². The quantitative estimate of drug-likeness (QED) is 0.159. The van der Waals surface area contributed by atoms with Gasteiger partial charge in [-0.15, -0.1) is 0 Å². The van der Waals surface area contributed by atoms with Crippen LogP contribution >= 0.6 is 0 Å². The van der Waals surface area contributed by atoms with E-state index < -0.39 is 0 Å². The Bertz CT molecular complexity index is 1220. The zero-order chi connectivity index (χ0) is 26.4. The van der Waals surface area contributed by atoms with Gasteiger partial charge < -0.3 is 19.5 Å². The molecule has 0 spiro atoms. The minimum Gasteiger partial charge on any atom is -0.493 e. The molecule has 0 radical (unpaired) electrons. The number of ether oxygens (including phenoxy) is 3. The van der Waals surface area contributed by atoms with Gasteiger partial charge in [0.05, 0.1) is 38.7 Å². The maximum absolute atomic E-state index is 11.1. The molecule has 2 heterocycles. The summed E-state index contributed by atoms with van der Waals surface area (Å²) in [5, 5.41) is 11.9. The molecular weight excluding hydrogens is 484 g/mol. The van der Waals surface area contributed by atoms with E-state index in [0.717, 1.165) is 59.5 Å². The number of unbranched alkanes of at least 4 members (excludes halogenated alkanes) is 3. The van der Waals surface area contributed by atoms with Gasteiger partial charge in [0.15, 0.2) is 0 Å². The highest BCUT2D eigenvalue weighted by atomic mass is 16.5. The van der Waals surface area contributed by atoms with Crippen molar-refractivity contribution in [2.45, 2.75) is 45.3 Å². The third-order valence-electron chi connectivity index (χ3n) is 6.00. The van der Waals surface area contributed by atoms with Gasteiger partial charge in [-0.1, -0.05) is 43.2 Å². The van der Waals surface area contributed by atoms with Gasteiger partial charge in [-0.25, -0.2) is 15.4 Å². The molecule has 200 valence electrons. The molecule has 1 aliphatic rings. The van der Waals surface area contributed by atoms with Crippen molar-refractivity contribution in [1.82, 2.24) is 15.4 Å². The summed E-state index contributed by atoms with van der Waals surface area (Å²) in [6.07, 6.45) is 9.43. The molecule has 6 bridgehead atoms. The Labute approximate surface area is 222 Å². The smallest absolute Gasteiger partial charge is 0.243 e. The highest BCUT2D eigenvalue weighted by Crippen LogP contribution is 2.27. The predicted octanol–water partition coefficient (Wildman–Crippen LogP) is 5.32. The molecular formula is C29H34N4O5. The van der Waals surface area contributed by atoms with Gasteiger partial charge in [0.2, 0.25) is 11.9 Å². The van der Waals surface area contributed by atoms with Crippen molar-refractivity contribution in [2.24, 2.45) is 0 Å². The lowest BCUT2D eigenvalue weighted by Gasteiger charge is -2.14. The van der Waals surface area contributed by atoms with Crippen LogP contribution in [0.1, 0.15) is 43.2 Å². The molecule has 9 heteroatoms. The van der Waals surface area contributed by atoms with Crippen LogP contribution in [0.3, 0.4) is 0 Å². The molecule has 3 N–H and O–H groups in total. The van der Waals surface area contributed by atoms with Crippen molar-refractivity contribution in [3.63, 3.8) is 0 Å². The number of carbonyl (C=O) groups excluding carboxylic acids is 1. The molecule has 1 aromatic heterocycles. The maximum atomic E-state index is 11.1. The Morgan fingerprint density at radius 3 is 2.71 bits per heavy atom.